The van der Waals surface area contributed by atoms with Gasteiger partial charge in [-0.3, -0.25) is 9.69 Å². The highest BCUT2D eigenvalue weighted by molar-refractivity contribution is 5.97. The van der Waals surface area contributed by atoms with E-state index in [0.717, 1.165) is 19.4 Å². The topological polar surface area (TPSA) is 41.6 Å². The van der Waals surface area contributed by atoms with Crippen LogP contribution in [0.25, 0.3) is 0 Å². The first-order valence-electron chi connectivity index (χ1n) is 7.86. The van der Waals surface area contributed by atoms with Crippen molar-refractivity contribution < 1.29 is 13.9 Å². The third-order valence-electron chi connectivity index (χ3n) is 4.81. The Morgan fingerprint density at radius 2 is 2.09 bits per heavy atom. The normalized spacial score (nSPS) is 16.8. The Morgan fingerprint density at radius 1 is 1.41 bits per heavy atom. The van der Waals surface area contributed by atoms with Crippen LogP contribution in [0.4, 0.5) is 4.39 Å². The molecular formula is C17H25FN2O2. The molecular weight excluding hydrogens is 283 g/mol. The van der Waals surface area contributed by atoms with E-state index in [2.05, 4.69) is 24.2 Å². The lowest BCUT2D eigenvalue weighted by molar-refractivity contribution is 0.0871. The summed E-state index contributed by atoms with van der Waals surface area (Å²) in [6, 6.07) is 4.40. The molecule has 5 heteroatoms. The van der Waals surface area contributed by atoms with Crippen molar-refractivity contribution in [3.8, 4) is 5.75 Å². The Bertz CT molecular complexity index is 527. The number of amides is 1. The molecule has 0 radical (unpaired) electrons. The minimum atomic E-state index is -0.517. The van der Waals surface area contributed by atoms with Crippen molar-refractivity contribution in [2.75, 3.05) is 27.2 Å². The highest BCUT2D eigenvalue weighted by Gasteiger charge is 2.37. The van der Waals surface area contributed by atoms with Gasteiger partial charge in [0.1, 0.15) is 0 Å². The van der Waals surface area contributed by atoms with Gasteiger partial charge in [0.25, 0.3) is 5.91 Å². The molecule has 1 aliphatic carbocycles. The molecule has 0 heterocycles. The molecule has 1 saturated carbocycles. The molecule has 0 atom stereocenters. The molecule has 0 aliphatic heterocycles. The van der Waals surface area contributed by atoms with Gasteiger partial charge in [0.2, 0.25) is 0 Å². The van der Waals surface area contributed by atoms with Gasteiger partial charge in [0, 0.05) is 12.1 Å². The number of hydrogen-bond donors (Lipinski definition) is 1. The number of methoxy groups -OCH3 is 1. The van der Waals surface area contributed by atoms with Crippen molar-refractivity contribution in [3.05, 3.63) is 29.6 Å². The average Bonchev–Trinajstić information content (AvgIpc) is 3.01. The summed E-state index contributed by atoms with van der Waals surface area (Å²) in [5.41, 5.74) is 0.264. The number of carbonyl (C=O) groups is 1. The van der Waals surface area contributed by atoms with Crippen LogP contribution in [0.5, 0.6) is 5.75 Å². The molecule has 1 aliphatic rings. The zero-order valence-corrected chi connectivity index (χ0v) is 13.6. The van der Waals surface area contributed by atoms with Gasteiger partial charge in [-0.2, -0.15) is 0 Å². The van der Waals surface area contributed by atoms with Crippen molar-refractivity contribution in [1.82, 2.24) is 10.2 Å². The fourth-order valence-electron chi connectivity index (χ4n) is 3.30. The lowest BCUT2D eigenvalue weighted by Gasteiger charge is -2.38. The van der Waals surface area contributed by atoms with Gasteiger partial charge in [0.05, 0.1) is 12.7 Å². The first-order valence-corrected chi connectivity index (χ1v) is 7.86. The summed E-state index contributed by atoms with van der Waals surface area (Å²) in [6.45, 7) is 3.65. The number of benzene rings is 1. The van der Waals surface area contributed by atoms with Crippen LogP contribution < -0.4 is 10.1 Å². The maximum atomic E-state index is 13.7. The van der Waals surface area contributed by atoms with Crippen LogP contribution in [-0.2, 0) is 0 Å². The number of rotatable bonds is 6. The maximum Gasteiger partial charge on any atom is 0.255 e. The highest BCUT2D eigenvalue weighted by atomic mass is 19.1. The SMILES string of the molecule is CCN(C)C1(CNC(=O)c2cccc(F)c2OC)CCCC1. The van der Waals surface area contributed by atoms with Crippen molar-refractivity contribution in [2.24, 2.45) is 0 Å². The molecule has 2 rings (SSSR count). The number of carbonyl (C=O) groups excluding carboxylic acids is 1. The molecule has 1 fully saturated rings. The molecule has 1 aromatic carbocycles. The second kappa shape index (κ2) is 7.09. The molecule has 0 saturated heterocycles. The van der Waals surface area contributed by atoms with Crippen LogP contribution in [0.3, 0.4) is 0 Å². The average molecular weight is 308 g/mol. The van der Waals surface area contributed by atoms with Crippen LogP contribution in [0.1, 0.15) is 43.0 Å². The molecule has 0 bridgehead atoms. The van der Waals surface area contributed by atoms with Crippen LogP contribution in [0, 0.1) is 5.82 Å². The number of halogens is 1. The summed E-state index contributed by atoms with van der Waals surface area (Å²) in [6.07, 6.45) is 4.53. The first kappa shape index (κ1) is 16.7. The van der Waals surface area contributed by atoms with Gasteiger partial charge in [-0.05, 0) is 38.6 Å². The lowest BCUT2D eigenvalue weighted by atomic mass is 9.95. The third-order valence-corrected chi connectivity index (χ3v) is 4.81. The number of hydrogen-bond acceptors (Lipinski definition) is 3. The lowest BCUT2D eigenvalue weighted by Crippen LogP contribution is -2.52. The molecule has 1 amide bonds. The summed E-state index contributed by atoms with van der Waals surface area (Å²) in [7, 11) is 3.47. The van der Waals surface area contributed by atoms with Gasteiger partial charge in [0.15, 0.2) is 11.6 Å². The number of nitrogens with zero attached hydrogens (tertiary/aromatic N) is 1. The van der Waals surface area contributed by atoms with E-state index in [9.17, 15) is 9.18 Å². The van der Waals surface area contributed by atoms with E-state index in [-0.39, 0.29) is 22.8 Å². The molecule has 0 aromatic heterocycles. The minimum absolute atomic E-state index is 0.00400. The highest BCUT2D eigenvalue weighted by Crippen LogP contribution is 2.34. The van der Waals surface area contributed by atoms with Crippen molar-refractivity contribution in [1.29, 1.82) is 0 Å². The monoisotopic (exact) mass is 308 g/mol. The van der Waals surface area contributed by atoms with E-state index in [1.807, 2.05) is 0 Å². The molecule has 1 aromatic rings. The summed E-state index contributed by atoms with van der Waals surface area (Å²) >= 11 is 0. The van der Waals surface area contributed by atoms with E-state index in [4.69, 9.17) is 4.74 Å². The fourth-order valence-corrected chi connectivity index (χ4v) is 3.30. The van der Waals surface area contributed by atoms with Gasteiger partial charge < -0.3 is 10.1 Å². The van der Waals surface area contributed by atoms with Crippen LogP contribution in [0.2, 0.25) is 0 Å². The summed E-state index contributed by atoms with van der Waals surface area (Å²) in [5, 5.41) is 2.97. The third kappa shape index (κ3) is 3.24. The predicted molar refractivity (Wildman–Crippen MR) is 84.8 cm³/mol. The zero-order chi connectivity index (χ0) is 16.2. The van der Waals surface area contributed by atoms with Crippen molar-refractivity contribution in [2.45, 2.75) is 38.1 Å². The first-order chi connectivity index (χ1) is 10.5. The molecule has 1 N–H and O–H groups in total. The minimum Gasteiger partial charge on any atom is -0.493 e. The molecule has 122 valence electrons. The van der Waals surface area contributed by atoms with E-state index in [1.54, 1.807) is 6.07 Å². The van der Waals surface area contributed by atoms with Gasteiger partial charge in [-0.1, -0.05) is 25.8 Å². The Labute approximate surface area is 131 Å². The summed E-state index contributed by atoms with van der Waals surface area (Å²) in [5.74, 6) is -0.798. The second-order valence-electron chi connectivity index (χ2n) is 5.95. The Hall–Kier alpha value is -1.62. The van der Waals surface area contributed by atoms with E-state index in [0.29, 0.717) is 6.54 Å². The van der Waals surface area contributed by atoms with Gasteiger partial charge in [-0.15, -0.1) is 0 Å². The largest absolute Gasteiger partial charge is 0.493 e. The van der Waals surface area contributed by atoms with E-state index in [1.165, 1.54) is 32.1 Å². The maximum absolute atomic E-state index is 13.7. The van der Waals surface area contributed by atoms with E-state index < -0.39 is 5.82 Å². The van der Waals surface area contributed by atoms with Crippen molar-refractivity contribution in [3.63, 3.8) is 0 Å². The quantitative estimate of drug-likeness (QED) is 0.878. The molecule has 4 nitrogen and oxygen atoms in total. The molecule has 0 spiro atoms. The second-order valence-corrected chi connectivity index (χ2v) is 5.95. The standard InChI is InChI=1S/C17H25FN2O2/c1-4-20(2)17(10-5-6-11-17)12-19-16(21)13-8-7-9-14(18)15(13)22-3/h7-9H,4-6,10-12H2,1-3H3,(H,19,21). The van der Waals surface area contributed by atoms with Crippen LogP contribution in [0.15, 0.2) is 18.2 Å². The Kier molecular flexibility index (Phi) is 5.40. The number of para-hydroxylation sites is 1. The fraction of sp³-hybridized carbons (Fsp3) is 0.588. The Morgan fingerprint density at radius 3 is 2.68 bits per heavy atom. The van der Waals surface area contributed by atoms with Gasteiger partial charge in [-0.25, -0.2) is 4.39 Å². The predicted octanol–water partition coefficient (Wildman–Crippen LogP) is 2.83. The number of likely N-dealkylation sites (N-methyl/N-ethyl adjacent to an activating group) is 1. The van der Waals surface area contributed by atoms with Gasteiger partial charge >= 0.3 is 0 Å². The molecule has 0 unspecified atom stereocenters. The van der Waals surface area contributed by atoms with Crippen LogP contribution in [-0.4, -0.2) is 43.6 Å². The van der Waals surface area contributed by atoms with Crippen molar-refractivity contribution >= 4 is 5.91 Å². The Balaban J connectivity index is 2.11. The number of nitrogens with one attached hydrogen (secondary N) is 1. The smallest absolute Gasteiger partial charge is 0.255 e. The molecule has 22 heavy (non-hydrogen) atoms. The van der Waals surface area contributed by atoms with Crippen LogP contribution >= 0.6 is 0 Å². The zero-order valence-electron chi connectivity index (χ0n) is 13.6. The summed E-state index contributed by atoms with van der Waals surface area (Å²) < 4.78 is 18.7. The summed E-state index contributed by atoms with van der Waals surface area (Å²) in [4.78, 5) is 14.7. The number of ether oxygens (including phenoxy) is 1. The van der Waals surface area contributed by atoms with E-state index >= 15 is 0 Å².